The van der Waals surface area contributed by atoms with Gasteiger partial charge in [-0.15, -0.1) is 23.1 Å². The Morgan fingerprint density at radius 3 is 3.23 bits per heavy atom. The van der Waals surface area contributed by atoms with E-state index in [9.17, 15) is 0 Å². The van der Waals surface area contributed by atoms with E-state index in [1.165, 1.54) is 5.69 Å². The molecule has 0 saturated carbocycles. The second kappa shape index (κ2) is 3.69. The fourth-order valence-electron chi connectivity index (χ4n) is 1.34. The van der Waals surface area contributed by atoms with E-state index in [0.29, 0.717) is 6.54 Å². The number of thioether (sulfide) groups is 1. The van der Waals surface area contributed by atoms with Crippen LogP contribution in [0, 0.1) is 0 Å². The first-order valence-electron chi connectivity index (χ1n) is 4.05. The Morgan fingerprint density at radius 2 is 2.54 bits per heavy atom. The maximum Gasteiger partial charge on any atom is 0.194 e. The molecule has 0 fully saturated rings. The maximum absolute atomic E-state index is 5.56. The number of hydrogen-bond donors (Lipinski definition) is 1. The molecule has 5 heteroatoms. The third-order valence-electron chi connectivity index (χ3n) is 1.90. The summed E-state index contributed by atoms with van der Waals surface area (Å²) in [5, 5.41) is 3.16. The number of aromatic nitrogens is 2. The van der Waals surface area contributed by atoms with E-state index < -0.39 is 0 Å². The number of nitrogens with two attached hydrogens (primary N) is 1. The topological polar surface area (TPSA) is 43.3 Å². The first-order chi connectivity index (χ1) is 6.36. The summed E-state index contributed by atoms with van der Waals surface area (Å²) >= 11 is 3.35. The molecule has 0 aliphatic carbocycles. The molecule has 0 aromatic carbocycles. The fraction of sp³-hybridized carbons (Fsp3) is 0.375. The molecule has 0 aliphatic rings. The van der Waals surface area contributed by atoms with Gasteiger partial charge in [0.05, 0.1) is 5.69 Å². The molecule has 0 bridgehead atoms. The zero-order valence-electron chi connectivity index (χ0n) is 7.36. The number of imidazole rings is 1. The predicted molar refractivity (Wildman–Crippen MR) is 57.6 cm³/mol. The summed E-state index contributed by atoms with van der Waals surface area (Å²) in [5.41, 5.74) is 6.80. The molecular formula is C8H11N3S2. The van der Waals surface area contributed by atoms with Crippen LogP contribution in [0.2, 0.25) is 0 Å². The van der Waals surface area contributed by atoms with E-state index >= 15 is 0 Å². The van der Waals surface area contributed by atoms with Crippen LogP contribution in [0.1, 0.15) is 5.69 Å². The van der Waals surface area contributed by atoms with Crippen molar-refractivity contribution in [2.24, 2.45) is 5.73 Å². The van der Waals surface area contributed by atoms with E-state index in [1.54, 1.807) is 23.1 Å². The first-order valence-corrected chi connectivity index (χ1v) is 6.15. The van der Waals surface area contributed by atoms with E-state index in [0.717, 1.165) is 16.4 Å². The Morgan fingerprint density at radius 1 is 1.69 bits per heavy atom. The van der Waals surface area contributed by atoms with Gasteiger partial charge < -0.3 is 5.73 Å². The summed E-state index contributed by atoms with van der Waals surface area (Å²) in [4.78, 5) is 5.56. The lowest BCUT2D eigenvalue weighted by Gasteiger charge is -1.98. The molecule has 0 aliphatic heterocycles. The molecule has 2 rings (SSSR count). The number of thiazole rings is 1. The predicted octanol–water partition coefficient (Wildman–Crippen LogP) is 1.62. The smallest absolute Gasteiger partial charge is 0.194 e. The Bertz CT molecular complexity index is 404. The highest BCUT2D eigenvalue weighted by molar-refractivity contribution is 7.98. The van der Waals surface area contributed by atoms with Crippen LogP contribution in [-0.2, 0) is 6.42 Å². The van der Waals surface area contributed by atoms with Gasteiger partial charge in [-0.05, 0) is 12.8 Å². The normalized spacial score (nSPS) is 11.2. The van der Waals surface area contributed by atoms with Gasteiger partial charge in [0.1, 0.15) is 5.03 Å². The number of fused-ring (bicyclic) bond motifs is 1. The minimum absolute atomic E-state index is 0.678. The van der Waals surface area contributed by atoms with Gasteiger partial charge in [0.25, 0.3) is 0 Å². The third-order valence-corrected chi connectivity index (χ3v) is 3.37. The molecule has 0 radical (unpaired) electrons. The van der Waals surface area contributed by atoms with Crippen LogP contribution >= 0.6 is 23.1 Å². The summed E-state index contributed by atoms with van der Waals surface area (Å²) in [5.74, 6) is 0. The molecule has 2 heterocycles. The number of rotatable bonds is 3. The van der Waals surface area contributed by atoms with Gasteiger partial charge >= 0.3 is 0 Å². The second-order valence-electron chi connectivity index (χ2n) is 2.66. The molecule has 13 heavy (non-hydrogen) atoms. The zero-order chi connectivity index (χ0) is 9.26. The molecule has 70 valence electrons. The van der Waals surface area contributed by atoms with Crippen molar-refractivity contribution in [1.29, 1.82) is 0 Å². The van der Waals surface area contributed by atoms with Crippen LogP contribution in [0.5, 0.6) is 0 Å². The van der Waals surface area contributed by atoms with Crippen molar-refractivity contribution >= 4 is 28.1 Å². The molecule has 0 spiro atoms. The van der Waals surface area contributed by atoms with Gasteiger partial charge in [-0.1, -0.05) is 0 Å². The highest BCUT2D eigenvalue weighted by Crippen LogP contribution is 2.24. The van der Waals surface area contributed by atoms with Crippen molar-refractivity contribution in [3.63, 3.8) is 0 Å². The summed E-state index contributed by atoms with van der Waals surface area (Å²) in [7, 11) is 0. The Labute approximate surface area is 85.0 Å². The van der Waals surface area contributed by atoms with Gasteiger partial charge in [-0.3, -0.25) is 4.40 Å². The highest BCUT2D eigenvalue weighted by atomic mass is 32.2. The van der Waals surface area contributed by atoms with Crippen LogP contribution in [-0.4, -0.2) is 22.2 Å². The van der Waals surface area contributed by atoms with E-state index in [2.05, 4.69) is 15.6 Å². The van der Waals surface area contributed by atoms with Crippen molar-refractivity contribution in [3.8, 4) is 0 Å². The van der Waals surface area contributed by atoms with Gasteiger partial charge in [-0.25, -0.2) is 4.98 Å². The summed E-state index contributed by atoms with van der Waals surface area (Å²) in [6.07, 6.45) is 5.00. The quantitative estimate of drug-likeness (QED) is 0.788. The second-order valence-corrected chi connectivity index (χ2v) is 4.33. The molecule has 3 nitrogen and oxygen atoms in total. The first kappa shape index (κ1) is 9.05. The van der Waals surface area contributed by atoms with Gasteiger partial charge in [0.2, 0.25) is 0 Å². The molecular weight excluding hydrogens is 202 g/mol. The van der Waals surface area contributed by atoms with E-state index in [1.807, 2.05) is 11.6 Å². The summed E-state index contributed by atoms with van der Waals surface area (Å²) in [6.45, 7) is 0.678. The van der Waals surface area contributed by atoms with Gasteiger partial charge in [-0.2, -0.15) is 0 Å². The van der Waals surface area contributed by atoms with Crippen LogP contribution in [0.4, 0.5) is 0 Å². The van der Waals surface area contributed by atoms with Crippen molar-refractivity contribution in [3.05, 3.63) is 17.3 Å². The van der Waals surface area contributed by atoms with Crippen LogP contribution in [0.15, 0.2) is 16.6 Å². The minimum atomic E-state index is 0.678. The van der Waals surface area contributed by atoms with E-state index in [-0.39, 0.29) is 0 Å². The number of hydrogen-bond acceptors (Lipinski definition) is 4. The van der Waals surface area contributed by atoms with Crippen molar-refractivity contribution < 1.29 is 0 Å². The Kier molecular flexibility index (Phi) is 2.57. The third kappa shape index (κ3) is 1.47. The van der Waals surface area contributed by atoms with Crippen molar-refractivity contribution in [2.75, 3.05) is 12.8 Å². The summed E-state index contributed by atoms with van der Waals surface area (Å²) < 4.78 is 2.13. The monoisotopic (exact) mass is 213 g/mol. The summed E-state index contributed by atoms with van der Waals surface area (Å²) in [6, 6.07) is 0. The van der Waals surface area contributed by atoms with Crippen molar-refractivity contribution in [1.82, 2.24) is 9.38 Å². The Balaban J connectivity index is 2.56. The molecule has 2 aromatic rings. The van der Waals surface area contributed by atoms with Gasteiger partial charge in [0.15, 0.2) is 4.96 Å². The average molecular weight is 213 g/mol. The lowest BCUT2D eigenvalue weighted by atomic mass is 10.3. The Hall–Kier alpha value is -0.520. The fourth-order valence-corrected chi connectivity index (χ4v) is 2.74. The minimum Gasteiger partial charge on any atom is -0.330 e. The van der Waals surface area contributed by atoms with Crippen LogP contribution in [0.25, 0.3) is 4.96 Å². The van der Waals surface area contributed by atoms with Gasteiger partial charge in [0, 0.05) is 18.0 Å². The molecule has 2 aromatic heterocycles. The lowest BCUT2D eigenvalue weighted by Crippen LogP contribution is -2.05. The number of nitrogens with zero attached hydrogens (tertiary/aromatic N) is 2. The standard InChI is InChI=1S/C8H11N3S2/c1-12-7-6(2-3-9)11-4-5-13-8(11)10-7/h4-5H,2-3,9H2,1H3. The zero-order valence-corrected chi connectivity index (χ0v) is 8.99. The van der Waals surface area contributed by atoms with E-state index in [4.69, 9.17) is 5.73 Å². The van der Waals surface area contributed by atoms with Crippen molar-refractivity contribution in [2.45, 2.75) is 11.4 Å². The molecule has 0 saturated heterocycles. The van der Waals surface area contributed by atoms with Crippen LogP contribution < -0.4 is 5.73 Å². The molecule has 2 N–H and O–H groups in total. The average Bonchev–Trinajstić information content (AvgIpc) is 2.67. The molecule has 0 unspecified atom stereocenters. The molecule has 0 atom stereocenters. The molecule has 0 amide bonds. The largest absolute Gasteiger partial charge is 0.330 e. The SMILES string of the molecule is CSc1nc2sccn2c1CCN. The highest BCUT2D eigenvalue weighted by Gasteiger charge is 2.10. The lowest BCUT2D eigenvalue weighted by molar-refractivity contribution is 0.879. The maximum atomic E-state index is 5.56. The van der Waals surface area contributed by atoms with Crippen LogP contribution in [0.3, 0.4) is 0 Å².